The SMILES string of the molecule is c1ccc(CCOc2nc(N=NCc3c[nH]c4ccccc34)cc(N3CCOCC3)n2)nc1. The Labute approximate surface area is 191 Å². The van der Waals surface area contributed by atoms with Gasteiger partial charge < -0.3 is 19.4 Å². The molecule has 0 radical (unpaired) electrons. The average Bonchev–Trinajstić information content (AvgIpc) is 3.28. The van der Waals surface area contributed by atoms with Gasteiger partial charge in [0, 0.05) is 60.1 Å². The number of H-pyrrole nitrogens is 1. The topological polar surface area (TPSA) is 101 Å². The fraction of sp³-hybridized carbons (Fsp3) is 0.292. The van der Waals surface area contributed by atoms with Gasteiger partial charge in [-0.3, -0.25) is 4.98 Å². The Kier molecular flexibility index (Phi) is 6.48. The first kappa shape index (κ1) is 21.0. The largest absolute Gasteiger partial charge is 0.463 e. The monoisotopic (exact) mass is 443 g/mol. The molecule has 1 fully saturated rings. The summed E-state index contributed by atoms with van der Waals surface area (Å²) >= 11 is 0. The van der Waals surface area contributed by atoms with E-state index in [4.69, 9.17) is 9.47 Å². The van der Waals surface area contributed by atoms with Crippen LogP contribution in [0.3, 0.4) is 0 Å². The molecule has 9 heteroatoms. The number of fused-ring (bicyclic) bond motifs is 1. The van der Waals surface area contributed by atoms with E-state index in [2.05, 4.69) is 41.1 Å². The molecule has 0 amide bonds. The standard InChI is InChI=1S/C24H25N7O2/c1-2-7-21-20(6-1)18(16-26-21)17-27-30-22-15-23(31-10-13-32-14-11-31)29-24(28-22)33-12-8-19-5-3-4-9-25-19/h1-7,9,15-16,26H,8,10-14,17H2. The second kappa shape index (κ2) is 10.2. The third kappa shape index (κ3) is 5.32. The molecule has 0 saturated carbocycles. The number of pyridine rings is 1. The molecule has 1 saturated heterocycles. The highest BCUT2D eigenvalue weighted by Gasteiger charge is 2.16. The highest BCUT2D eigenvalue weighted by atomic mass is 16.5. The summed E-state index contributed by atoms with van der Waals surface area (Å²) in [5, 5.41) is 9.92. The van der Waals surface area contributed by atoms with Gasteiger partial charge in [0.1, 0.15) is 5.82 Å². The maximum absolute atomic E-state index is 5.87. The smallest absolute Gasteiger partial charge is 0.320 e. The molecule has 5 rings (SSSR count). The first-order valence-corrected chi connectivity index (χ1v) is 11.0. The number of para-hydroxylation sites is 1. The van der Waals surface area contributed by atoms with Crippen LogP contribution in [-0.2, 0) is 17.7 Å². The number of anilines is 1. The zero-order valence-corrected chi connectivity index (χ0v) is 18.2. The summed E-state index contributed by atoms with van der Waals surface area (Å²) in [5.74, 6) is 1.24. The maximum atomic E-state index is 5.87. The van der Waals surface area contributed by atoms with Crippen molar-refractivity contribution in [3.05, 3.63) is 72.2 Å². The molecule has 1 N–H and O–H groups in total. The lowest BCUT2D eigenvalue weighted by Crippen LogP contribution is -2.36. The van der Waals surface area contributed by atoms with Gasteiger partial charge in [0.2, 0.25) is 0 Å². The lowest BCUT2D eigenvalue weighted by atomic mass is 10.2. The number of nitrogens with one attached hydrogen (secondary N) is 1. The average molecular weight is 444 g/mol. The van der Waals surface area contributed by atoms with Crippen molar-refractivity contribution in [2.45, 2.75) is 13.0 Å². The number of benzene rings is 1. The molecule has 168 valence electrons. The number of nitrogens with zero attached hydrogens (tertiary/aromatic N) is 6. The van der Waals surface area contributed by atoms with Crippen molar-refractivity contribution in [3.63, 3.8) is 0 Å². The lowest BCUT2D eigenvalue weighted by Gasteiger charge is -2.27. The normalized spacial score (nSPS) is 14.2. The summed E-state index contributed by atoms with van der Waals surface area (Å²) in [6, 6.07) is 16.1. The number of aromatic amines is 1. The van der Waals surface area contributed by atoms with Crippen molar-refractivity contribution in [2.75, 3.05) is 37.8 Å². The zero-order valence-electron chi connectivity index (χ0n) is 18.2. The third-order valence-corrected chi connectivity index (χ3v) is 5.42. The first-order valence-electron chi connectivity index (χ1n) is 11.0. The van der Waals surface area contributed by atoms with Crippen molar-refractivity contribution in [1.82, 2.24) is 19.9 Å². The van der Waals surface area contributed by atoms with Crippen LogP contribution in [0, 0.1) is 0 Å². The van der Waals surface area contributed by atoms with Crippen LogP contribution in [0.25, 0.3) is 10.9 Å². The van der Waals surface area contributed by atoms with Crippen LogP contribution >= 0.6 is 0 Å². The minimum absolute atomic E-state index is 0.288. The van der Waals surface area contributed by atoms with Gasteiger partial charge in [-0.05, 0) is 18.2 Å². The minimum atomic E-state index is 0.288. The molecule has 1 aromatic carbocycles. The van der Waals surface area contributed by atoms with Gasteiger partial charge in [-0.15, -0.1) is 5.11 Å². The summed E-state index contributed by atoms with van der Waals surface area (Å²) in [7, 11) is 0. The highest BCUT2D eigenvalue weighted by molar-refractivity contribution is 5.82. The lowest BCUT2D eigenvalue weighted by molar-refractivity contribution is 0.122. The Bertz CT molecular complexity index is 1220. The van der Waals surface area contributed by atoms with Crippen molar-refractivity contribution in [3.8, 4) is 6.01 Å². The molecular formula is C24H25N7O2. The Balaban J connectivity index is 1.32. The Morgan fingerprint density at radius 1 is 1.06 bits per heavy atom. The molecule has 3 aromatic heterocycles. The molecule has 0 unspecified atom stereocenters. The van der Waals surface area contributed by atoms with Crippen LogP contribution < -0.4 is 9.64 Å². The van der Waals surface area contributed by atoms with Gasteiger partial charge in [0.15, 0.2) is 5.82 Å². The van der Waals surface area contributed by atoms with E-state index in [1.807, 2.05) is 48.7 Å². The molecule has 1 aliphatic heterocycles. The van der Waals surface area contributed by atoms with Crippen LogP contribution in [0.15, 0.2) is 71.2 Å². The van der Waals surface area contributed by atoms with Gasteiger partial charge in [0.05, 0.1) is 26.4 Å². The van der Waals surface area contributed by atoms with E-state index in [1.165, 1.54) is 0 Å². The highest BCUT2D eigenvalue weighted by Crippen LogP contribution is 2.24. The predicted molar refractivity (Wildman–Crippen MR) is 125 cm³/mol. The third-order valence-electron chi connectivity index (χ3n) is 5.42. The molecule has 0 bridgehead atoms. The molecular weight excluding hydrogens is 418 g/mol. The fourth-order valence-electron chi connectivity index (χ4n) is 3.71. The molecule has 0 aliphatic carbocycles. The quantitative estimate of drug-likeness (QED) is 0.412. The fourth-order valence-corrected chi connectivity index (χ4v) is 3.71. The maximum Gasteiger partial charge on any atom is 0.320 e. The van der Waals surface area contributed by atoms with E-state index in [1.54, 1.807) is 6.20 Å². The van der Waals surface area contributed by atoms with Crippen molar-refractivity contribution in [1.29, 1.82) is 0 Å². The molecule has 9 nitrogen and oxygen atoms in total. The van der Waals surface area contributed by atoms with Crippen molar-refractivity contribution >= 4 is 22.5 Å². The number of azo groups is 1. The summed E-state index contributed by atoms with van der Waals surface area (Å²) in [6.45, 7) is 3.73. The Morgan fingerprint density at radius 2 is 1.94 bits per heavy atom. The molecule has 4 heterocycles. The van der Waals surface area contributed by atoms with Crippen LogP contribution in [0.2, 0.25) is 0 Å². The summed E-state index contributed by atoms with van der Waals surface area (Å²) < 4.78 is 11.3. The number of ether oxygens (including phenoxy) is 2. The van der Waals surface area contributed by atoms with Gasteiger partial charge in [0.25, 0.3) is 0 Å². The molecule has 0 spiro atoms. The van der Waals surface area contributed by atoms with Crippen LogP contribution in [-0.4, -0.2) is 52.8 Å². The second-order valence-corrected chi connectivity index (χ2v) is 7.64. The van der Waals surface area contributed by atoms with Crippen LogP contribution in [0.4, 0.5) is 11.6 Å². The van der Waals surface area contributed by atoms with Crippen LogP contribution in [0.5, 0.6) is 6.01 Å². The summed E-state index contributed by atoms with van der Waals surface area (Å²) in [6.07, 6.45) is 4.41. The van der Waals surface area contributed by atoms with E-state index in [-0.39, 0.29) is 6.01 Å². The van der Waals surface area contributed by atoms with E-state index >= 15 is 0 Å². The van der Waals surface area contributed by atoms with E-state index in [9.17, 15) is 0 Å². The van der Waals surface area contributed by atoms with Crippen molar-refractivity contribution in [2.24, 2.45) is 10.2 Å². The number of hydrogen-bond acceptors (Lipinski definition) is 8. The number of hydrogen-bond donors (Lipinski definition) is 1. The van der Waals surface area contributed by atoms with Crippen LogP contribution in [0.1, 0.15) is 11.3 Å². The molecule has 4 aromatic rings. The Morgan fingerprint density at radius 3 is 2.82 bits per heavy atom. The molecule has 0 atom stereocenters. The number of rotatable bonds is 8. The predicted octanol–water partition coefficient (Wildman–Crippen LogP) is 4.09. The number of aromatic nitrogens is 4. The van der Waals surface area contributed by atoms with Gasteiger partial charge in [-0.2, -0.15) is 15.1 Å². The van der Waals surface area contributed by atoms with Gasteiger partial charge >= 0.3 is 6.01 Å². The molecule has 1 aliphatic rings. The molecule has 33 heavy (non-hydrogen) atoms. The zero-order chi connectivity index (χ0) is 22.3. The summed E-state index contributed by atoms with van der Waals surface area (Å²) in [4.78, 5) is 18.8. The Hall–Kier alpha value is -3.85. The summed E-state index contributed by atoms with van der Waals surface area (Å²) in [5.41, 5.74) is 3.13. The second-order valence-electron chi connectivity index (χ2n) is 7.64. The van der Waals surface area contributed by atoms with Crippen molar-refractivity contribution < 1.29 is 9.47 Å². The van der Waals surface area contributed by atoms with E-state index in [0.29, 0.717) is 38.6 Å². The van der Waals surface area contributed by atoms with Gasteiger partial charge in [-0.1, -0.05) is 24.3 Å². The van der Waals surface area contributed by atoms with Gasteiger partial charge in [-0.25, -0.2) is 0 Å². The van der Waals surface area contributed by atoms with E-state index < -0.39 is 0 Å². The minimum Gasteiger partial charge on any atom is -0.463 e. The van der Waals surface area contributed by atoms with E-state index in [0.717, 1.165) is 41.1 Å². The first-order chi connectivity index (χ1) is 16.3. The number of morpholine rings is 1.